The van der Waals surface area contributed by atoms with Crippen LogP contribution in [0.15, 0.2) is 41.8 Å². The number of aromatic nitrogens is 2. The van der Waals surface area contributed by atoms with E-state index in [2.05, 4.69) is 15.3 Å². The molecule has 0 saturated heterocycles. The van der Waals surface area contributed by atoms with Crippen LogP contribution >= 0.6 is 11.3 Å². The van der Waals surface area contributed by atoms with Crippen molar-refractivity contribution in [1.29, 1.82) is 0 Å². The molecule has 0 aliphatic heterocycles. The smallest absolute Gasteiger partial charge is 0.138 e. The number of hydrogen-bond acceptors (Lipinski definition) is 5. The third-order valence-corrected chi connectivity index (χ3v) is 4.72. The minimum Gasteiger partial charge on any atom is -0.391 e. The average molecular weight is 327 g/mol. The Morgan fingerprint density at radius 2 is 1.96 bits per heavy atom. The van der Waals surface area contributed by atoms with Gasteiger partial charge in [-0.1, -0.05) is 37.3 Å². The molecule has 0 bridgehead atoms. The van der Waals surface area contributed by atoms with E-state index in [9.17, 15) is 5.11 Å². The first kappa shape index (κ1) is 15.9. The topological polar surface area (TPSA) is 58.0 Å². The van der Waals surface area contributed by atoms with Crippen LogP contribution in [0.5, 0.6) is 0 Å². The predicted octanol–water partition coefficient (Wildman–Crippen LogP) is 3.66. The van der Waals surface area contributed by atoms with E-state index in [0.717, 1.165) is 33.8 Å². The first-order chi connectivity index (χ1) is 11.2. The van der Waals surface area contributed by atoms with Crippen molar-refractivity contribution in [3.8, 4) is 0 Å². The second-order valence-corrected chi connectivity index (χ2v) is 6.57. The van der Waals surface area contributed by atoms with Gasteiger partial charge in [0.15, 0.2) is 0 Å². The molecule has 4 nitrogen and oxygen atoms in total. The number of nitrogens with zero attached hydrogens (tertiary/aromatic N) is 2. The number of aliphatic hydroxyl groups excluding tert-OH is 1. The number of hydrogen-bond donors (Lipinski definition) is 2. The van der Waals surface area contributed by atoms with Gasteiger partial charge in [0.25, 0.3) is 0 Å². The summed E-state index contributed by atoms with van der Waals surface area (Å²) in [5.41, 5.74) is 1.13. The number of thiophene rings is 1. The third-order valence-electron chi connectivity index (χ3n) is 3.92. The predicted molar refractivity (Wildman–Crippen MR) is 96.0 cm³/mol. The molecule has 0 amide bonds. The van der Waals surface area contributed by atoms with Crippen LogP contribution in [0.25, 0.3) is 10.2 Å². The molecular weight excluding hydrogens is 306 g/mol. The molecule has 5 heteroatoms. The maximum atomic E-state index is 10.5. The minimum absolute atomic E-state index is 0.0992. The summed E-state index contributed by atoms with van der Waals surface area (Å²) in [6.07, 6.45) is 0.933. The maximum Gasteiger partial charge on any atom is 0.138 e. The normalized spacial score (nSPS) is 13.9. The molecule has 0 saturated carbocycles. The van der Waals surface area contributed by atoms with Gasteiger partial charge in [0.1, 0.15) is 16.5 Å². The van der Waals surface area contributed by atoms with E-state index in [-0.39, 0.29) is 6.04 Å². The zero-order valence-electron chi connectivity index (χ0n) is 13.4. The van der Waals surface area contributed by atoms with Crippen LogP contribution in [-0.4, -0.2) is 27.2 Å². The zero-order chi connectivity index (χ0) is 16.2. The molecule has 3 rings (SSSR count). The summed E-state index contributed by atoms with van der Waals surface area (Å²) >= 11 is 1.62. The van der Waals surface area contributed by atoms with E-state index < -0.39 is 6.10 Å². The molecule has 0 fully saturated rings. The zero-order valence-corrected chi connectivity index (χ0v) is 14.2. The monoisotopic (exact) mass is 327 g/mol. The number of anilines is 1. The highest BCUT2D eigenvalue weighted by atomic mass is 32.1. The van der Waals surface area contributed by atoms with Gasteiger partial charge in [-0.15, -0.1) is 11.3 Å². The number of aliphatic hydroxyl groups is 1. The first-order valence-corrected chi connectivity index (χ1v) is 8.78. The van der Waals surface area contributed by atoms with Gasteiger partial charge >= 0.3 is 0 Å². The van der Waals surface area contributed by atoms with Gasteiger partial charge in [-0.2, -0.15) is 0 Å². The fraction of sp³-hybridized carbons (Fsp3) is 0.333. The van der Waals surface area contributed by atoms with Gasteiger partial charge in [0.2, 0.25) is 0 Å². The first-order valence-electron chi connectivity index (χ1n) is 7.90. The molecule has 120 valence electrons. The molecule has 0 aliphatic carbocycles. The average Bonchev–Trinajstić information content (AvgIpc) is 3.04. The highest BCUT2D eigenvalue weighted by Gasteiger charge is 2.17. The molecule has 2 heterocycles. The SMILES string of the molecule is CCc1nc(NC(C)C(O)Cc2ccccc2)c2ccsc2n1. The molecule has 0 radical (unpaired) electrons. The summed E-state index contributed by atoms with van der Waals surface area (Å²) < 4.78 is 0. The summed E-state index contributed by atoms with van der Waals surface area (Å²) in [6.45, 7) is 4.03. The van der Waals surface area contributed by atoms with Crippen molar-refractivity contribution in [3.05, 3.63) is 53.2 Å². The lowest BCUT2D eigenvalue weighted by atomic mass is 10.0. The van der Waals surface area contributed by atoms with Gasteiger partial charge in [-0.05, 0) is 23.9 Å². The molecule has 0 spiro atoms. The van der Waals surface area contributed by atoms with Gasteiger partial charge in [-0.3, -0.25) is 0 Å². The van der Waals surface area contributed by atoms with Crippen molar-refractivity contribution in [2.75, 3.05) is 5.32 Å². The standard InChI is InChI=1S/C18H21N3OS/c1-3-16-20-17(14-9-10-23-18(14)21-16)19-12(2)15(22)11-13-7-5-4-6-8-13/h4-10,12,15,22H,3,11H2,1-2H3,(H,19,20,21). The Balaban J connectivity index is 1.76. The second-order valence-electron chi connectivity index (χ2n) is 5.67. The highest BCUT2D eigenvalue weighted by molar-refractivity contribution is 7.16. The number of aryl methyl sites for hydroxylation is 1. The summed E-state index contributed by atoms with van der Waals surface area (Å²) in [5.74, 6) is 1.64. The van der Waals surface area contributed by atoms with Crippen LogP contribution in [0, 0.1) is 0 Å². The number of nitrogens with one attached hydrogen (secondary N) is 1. The fourth-order valence-electron chi connectivity index (χ4n) is 2.51. The lowest BCUT2D eigenvalue weighted by Crippen LogP contribution is -2.32. The molecule has 2 aromatic heterocycles. The van der Waals surface area contributed by atoms with E-state index in [0.29, 0.717) is 6.42 Å². The van der Waals surface area contributed by atoms with Crippen molar-refractivity contribution in [1.82, 2.24) is 9.97 Å². The molecule has 0 aliphatic rings. The van der Waals surface area contributed by atoms with E-state index in [1.165, 1.54) is 0 Å². The van der Waals surface area contributed by atoms with Gasteiger partial charge in [0.05, 0.1) is 17.5 Å². The van der Waals surface area contributed by atoms with Crippen molar-refractivity contribution in [3.63, 3.8) is 0 Å². The third kappa shape index (κ3) is 3.68. The summed E-state index contributed by atoms with van der Waals surface area (Å²) in [5, 5.41) is 16.9. The Hall–Kier alpha value is -1.98. The number of rotatable bonds is 6. The van der Waals surface area contributed by atoms with E-state index in [4.69, 9.17) is 0 Å². The van der Waals surface area contributed by atoms with Crippen molar-refractivity contribution in [2.24, 2.45) is 0 Å². The van der Waals surface area contributed by atoms with Crippen molar-refractivity contribution < 1.29 is 5.11 Å². The van der Waals surface area contributed by atoms with E-state index in [1.54, 1.807) is 11.3 Å². The Kier molecular flexibility index (Phi) is 4.88. The van der Waals surface area contributed by atoms with Crippen LogP contribution in [0.3, 0.4) is 0 Å². The van der Waals surface area contributed by atoms with Crippen LogP contribution in [0.4, 0.5) is 5.82 Å². The molecule has 2 N–H and O–H groups in total. The Bertz CT molecular complexity index is 772. The summed E-state index contributed by atoms with van der Waals surface area (Å²) in [6, 6.07) is 12.0. The van der Waals surface area contributed by atoms with Crippen molar-refractivity contribution in [2.45, 2.75) is 38.8 Å². The van der Waals surface area contributed by atoms with E-state index in [1.807, 2.05) is 55.6 Å². The minimum atomic E-state index is -0.480. The summed E-state index contributed by atoms with van der Waals surface area (Å²) in [7, 11) is 0. The summed E-state index contributed by atoms with van der Waals surface area (Å²) in [4.78, 5) is 10.1. The largest absolute Gasteiger partial charge is 0.391 e. The van der Waals surface area contributed by atoms with Crippen LogP contribution < -0.4 is 5.32 Å². The lowest BCUT2D eigenvalue weighted by molar-refractivity contribution is 0.158. The highest BCUT2D eigenvalue weighted by Crippen LogP contribution is 2.26. The Morgan fingerprint density at radius 1 is 1.17 bits per heavy atom. The van der Waals surface area contributed by atoms with Crippen LogP contribution in [-0.2, 0) is 12.8 Å². The van der Waals surface area contributed by atoms with Gasteiger partial charge in [-0.25, -0.2) is 9.97 Å². The molecule has 1 aromatic carbocycles. The second kappa shape index (κ2) is 7.06. The molecule has 23 heavy (non-hydrogen) atoms. The molecular formula is C18H21N3OS. The van der Waals surface area contributed by atoms with E-state index >= 15 is 0 Å². The quantitative estimate of drug-likeness (QED) is 0.725. The van der Waals surface area contributed by atoms with Gasteiger partial charge in [0, 0.05) is 12.8 Å². The fourth-order valence-corrected chi connectivity index (χ4v) is 3.29. The maximum absolute atomic E-state index is 10.5. The molecule has 3 aromatic rings. The number of benzene rings is 1. The lowest BCUT2D eigenvalue weighted by Gasteiger charge is -2.21. The van der Waals surface area contributed by atoms with Crippen LogP contribution in [0.2, 0.25) is 0 Å². The Labute approximate surface area is 140 Å². The van der Waals surface area contributed by atoms with Crippen LogP contribution in [0.1, 0.15) is 25.2 Å². The Morgan fingerprint density at radius 3 is 2.70 bits per heavy atom. The van der Waals surface area contributed by atoms with Gasteiger partial charge < -0.3 is 10.4 Å². The molecule has 2 unspecified atom stereocenters. The molecule has 2 atom stereocenters. The number of fused-ring (bicyclic) bond motifs is 1. The van der Waals surface area contributed by atoms with Crippen molar-refractivity contribution >= 4 is 27.4 Å².